The molecule has 0 bridgehead atoms. The fraction of sp³-hybridized carbons (Fsp3) is 0.838. The summed E-state index contributed by atoms with van der Waals surface area (Å²) >= 11 is 6.54. The molecule has 0 aromatic heterocycles. The van der Waals surface area contributed by atoms with E-state index in [0.717, 1.165) is 51.4 Å². The van der Waals surface area contributed by atoms with Crippen molar-refractivity contribution in [3.8, 4) is 0 Å². The van der Waals surface area contributed by atoms with Crippen LogP contribution in [0.3, 0.4) is 0 Å². The van der Waals surface area contributed by atoms with Gasteiger partial charge in [-0.25, -0.2) is 0 Å². The second-order valence-electron chi connectivity index (χ2n) is 31.8. The summed E-state index contributed by atoms with van der Waals surface area (Å²) in [6.45, 7) is 9.37. The molecule has 12 amide bonds. The van der Waals surface area contributed by atoms with Crippen LogP contribution < -0.4 is 16.0 Å². The highest BCUT2D eigenvalue weighted by Crippen LogP contribution is 2.40. The van der Waals surface area contributed by atoms with E-state index in [0.29, 0.717) is 64.5 Å². The molecule has 4 aliphatic carbocycles. The van der Waals surface area contributed by atoms with E-state index < -0.39 is 168 Å². The molecule has 0 radical (unpaired) electrons. The third-order valence-electron chi connectivity index (χ3n) is 24.3. The molecular weight excluding hydrogens is 1360 g/mol. The van der Waals surface area contributed by atoms with Gasteiger partial charge in [0, 0.05) is 68.5 Å². The first-order valence-electron chi connectivity index (χ1n) is 38.5. The van der Waals surface area contributed by atoms with Gasteiger partial charge >= 0.3 is 6.36 Å². The van der Waals surface area contributed by atoms with Crippen molar-refractivity contribution in [3.05, 3.63) is 0 Å². The van der Waals surface area contributed by atoms with Gasteiger partial charge in [-0.05, 0) is 146 Å². The Kier molecular flexibility index (Phi) is 29.0. The smallest absolute Gasteiger partial charge is 0.343 e. The summed E-state index contributed by atoms with van der Waals surface area (Å²) < 4.78 is 44.6. The highest BCUT2D eigenvalue weighted by molar-refractivity contribution is 6.21. The summed E-state index contributed by atoms with van der Waals surface area (Å²) in [5.41, 5.74) is -1.55. The first-order chi connectivity index (χ1) is 48.7. The van der Waals surface area contributed by atoms with Crippen LogP contribution in [0.1, 0.15) is 214 Å². The summed E-state index contributed by atoms with van der Waals surface area (Å²) in [7, 11) is 8.83. The zero-order valence-electron chi connectivity index (χ0n) is 62.9. The summed E-state index contributed by atoms with van der Waals surface area (Å²) in [5.74, 6) is -8.44. The van der Waals surface area contributed by atoms with Crippen molar-refractivity contribution in [2.45, 2.75) is 292 Å². The Morgan fingerprint density at radius 2 is 1.23 bits per heavy atom. The average Bonchev–Trinajstić information content (AvgIpc) is 1.73. The monoisotopic (exact) mass is 1470 g/mol. The standard InChI is InChI=1S/C74H118ClF3N12O13/c1-12-46(4)61-70(100)83(7)47(5)65(95)90-39-33-54(90)68(98)85(9)56(42-48-24-15-13-16-25-48)67(97)82(6)44-59(91)79-52(31-29-49-30-32-58(51(75)41-49)103-74(76,77)78)66(96)89-38-23-28-53(89)64(94)81-73(34-19-20-35-73)72(102)87(11)62(50-26-17-18-27-50)71(101)86(10)57(69(99)88-36-21-14-22-37-88)43-60(92)84(8)55(40-45(2)3)63(93)80-61/h45-58,61-62H,12-44H2,1-11H3,(H,79,91)(H,80,93)(H,81,94)/t46-,47-,49?,51?,52-,53-,54-,55-,56-,57-,58?,61-,62-/m0/s1. The van der Waals surface area contributed by atoms with Crippen LogP contribution in [0.25, 0.3) is 0 Å². The number of piperidine rings is 1. The van der Waals surface area contributed by atoms with Crippen molar-refractivity contribution >= 4 is 82.5 Å². The Balaban J connectivity index is 1.16. The number of amides is 12. The number of fused-ring (bicyclic) bond motifs is 2. The fourth-order valence-electron chi connectivity index (χ4n) is 17.5. The van der Waals surface area contributed by atoms with E-state index in [2.05, 4.69) is 20.7 Å². The number of carbonyl (C=O) groups excluding carboxylic acids is 12. The number of ether oxygens (including phenoxy) is 1. The quantitative estimate of drug-likeness (QED) is 0.180. The predicted molar refractivity (Wildman–Crippen MR) is 378 cm³/mol. The van der Waals surface area contributed by atoms with Gasteiger partial charge in [0.1, 0.15) is 59.9 Å². The molecule has 25 nitrogen and oxygen atoms in total. The van der Waals surface area contributed by atoms with E-state index >= 15 is 38.4 Å². The van der Waals surface area contributed by atoms with E-state index in [9.17, 15) is 32.3 Å². The van der Waals surface area contributed by atoms with Crippen LogP contribution in [-0.2, 0) is 62.3 Å². The number of rotatable bonds is 12. The number of halogens is 4. The molecule has 29 heteroatoms. The number of likely N-dealkylation sites (N-methyl/N-ethyl adjacent to an activating group) is 6. The van der Waals surface area contributed by atoms with E-state index in [4.69, 9.17) is 11.6 Å². The normalized spacial score (nSPS) is 31.3. The van der Waals surface area contributed by atoms with Gasteiger partial charge in [-0.2, -0.15) is 0 Å². The molecule has 4 saturated carbocycles. The Labute approximate surface area is 612 Å². The highest BCUT2D eigenvalue weighted by Gasteiger charge is 2.53. The van der Waals surface area contributed by atoms with Crippen LogP contribution in [-0.4, -0.2) is 268 Å². The highest BCUT2D eigenvalue weighted by atomic mass is 35.5. The molecule has 103 heavy (non-hydrogen) atoms. The van der Waals surface area contributed by atoms with Crippen molar-refractivity contribution in [1.82, 2.24) is 60.0 Å². The molecule has 0 aromatic rings. The molecular formula is C74H118ClF3N12O13. The van der Waals surface area contributed by atoms with Crippen LogP contribution >= 0.6 is 11.6 Å². The topological polar surface area (TPSA) is 279 Å². The lowest BCUT2D eigenvalue weighted by molar-refractivity contribution is -0.345. The minimum Gasteiger partial charge on any atom is -0.343 e. The largest absolute Gasteiger partial charge is 0.522 e. The van der Waals surface area contributed by atoms with Crippen molar-refractivity contribution in [2.24, 2.45) is 29.6 Å². The van der Waals surface area contributed by atoms with Gasteiger partial charge < -0.3 is 60.0 Å². The van der Waals surface area contributed by atoms with E-state index in [1.807, 2.05) is 20.8 Å². The van der Waals surface area contributed by atoms with E-state index in [-0.39, 0.29) is 107 Å². The number of carbonyl (C=O) groups is 12. The van der Waals surface area contributed by atoms with Gasteiger partial charge in [0.15, 0.2) is 0 Å². The number of hydrogen-bond donors (Lipinski definition) is 3. The lowest BCUT2D eigenvalue weighted by Gasteiger charge is -2.45. The van der Waals surface area contributed by atoms with Gasteiger partial charge in [0.2, 0.25) is 70.9 Å². The third kappa shape index (κ3) is 20.0. The summed E-state index contributed by atoms with van der Waals surface area (Å²) in [4.78, 5) is 194. The molecule has 580 valence electrons. The van der Waals surface area contributed by atoms with Gasteiger partial charge in [-0.1, -0.05) is 91.9 Å². The Bertz CT molecular complexity index is 3030. The van der Waals surface area contributed by atoms with Crippen molar-refractivity contribution in [1.29, 1.82) is 0 Å². The Morgan fingerprint density at radius 1 is 0.602 bits per heavy atom. The first kappa shape index (κ1) is 82.3. The maximum absolute atomic E-state index is 15.8. The van der Waals surface area contributed by atoms with Crippen molar-refractivity contribution < 1.29 is 75.4 Å². The van der Waals surface area contributed by atoms with E-state index in [1.54, 1.807) is 11.8 Å². The molecule has 3 unspecified atom stereocenters. The van der Waals surface area contributed by atoms with Crippen molar-refractivity contribution in [2.75, 3.05) is 75.0 Å². The average molecular weight is 1480 g/mol. The van der Waals surface area contributed by atoms with Gasteiger partial charge in [-0.15, -0.1) is 24.8 Å². The number of alkyl halides is 4. The number of nitrogens with zero attached hydrogens (tertiary/aromatic N) is 9. The maximum atomic E-state index is 15.8. The SMILES string of the molecule is CC[C@H](C)[C@@H]1NC(=O)[C@H](CC(C)C)N(C)C(=O)C[C@@H](C(=O)N2CCCCC2)N(C)C(=O)[C@H](C2CCCC2)N(C)C(=O)C2(CCCC2)NC(=O)[C@@H]2CCCN2C(=O)[C@H](CCC2CCC(OC(F)(F)F)C(Cl)C2)NC(=O)CN(C)C(=O)[C@H](CC2CCCCC2)N(C)C(=O)[C@@H]2CCN2C(=O)[C@H](C)N(C)C1=O. The Hall–Kier alpha value is -6.32. The molecule has 4 heterocycles. The zero-order chi connectivity index (χ0) is 75.5. The minimum atomic E-state index is -4.91. The number of nitrogens with one attached hydrogen (secondary N) is 3. The molecule has 13 atom stereocenters. The third-order valence-corrected chi connectivity index (χ3v) is 24.8. The molecule has 8 fully saturated rings. The molecule has 4 saturated heterocycles. The number of hydrogen-bond acceptors (Lipinski definition) is 13. The van der Waals surface area contributed by atoms with Gasteiger partial charge in [-0.3, -0.25) is 62.3 Å². The van der Waals surface area contributed by atoms with Gasteiger partial charge in [0.25, 0.3) is 0 Å². The molecule has 8 rings (SSSR count). The lowest BCUT2D eigenvalue weighted by atomic mass is 9.83. The number of likely N-dealkylation sites (tertiary alicyclic amines) is 1. The summed E-state index contributed by atoms with van der Waals surface area (Å²) in [6.07, 6.45) is 6.18. The lowest BCUT2D eigenvalue weighted by Crippen LogP contribution is -2.65. The van der Waals surface area contributed by atoms with Crippen LogP contribution in [0, 0.1) is 29.6 Å². The van der Waals surface area contributed by atoms with Crippen LogP contribution in [0.2, 0.25) is 0 Å². The van der Waals surface area contributed by atoms with Gasteiger partial charge in [0.05, 0.1) is 24.4 Å². The second-order valence-corrected chi connectivity index (χ2v) is 32.4. The van der Waals surface area contributed by atoms with Crippen LogP contribution in [0.5, 0.6) is 0 Å². The molecule has 3 N–H and O–H groups in total. The van der Waals surface area contributed by atoms with Crippen LogP contribution in [0.4, 0.5) is 13.2 Å². The summed E-state index contributed by atoms with van der Waals surface area (Å²) in [6, 6.07) is -10.7. The molecule has 8 aliphatic rings. The molecule has 1 spiro atoms. The van der Waals surface area contributed by atoms with E-state index in [1.165, 1.54) is 88.4 Å². The maximum Gasteiger partial charge on any atom is 0.522 e. The van der Waals surface area contributed by atoms with Crippen molar-refractivity contribution in [3.63, 3.8) is 0 Å². The first-order valence-corrected chi connectivity index (χ1v) is 38.9. The van der Waals surface area contributed by atoms with Crippen LogP contribution in [0.15, 0.2) is 0 Å². The summed E-state index contributed by atoms with van der Waals surface area (Å²) in [5, 5.41) is 7.93. The molecule has 0 aromatic carbocycles. The Morgan fingerprint density at radius 3 is 1.83 bits per heavy atom. The second kappa shape index (κ2) is 36.3. The molecule has 4 aliphatic heterocycles. The predicted octanol–water partition coefficient (Wildman–Crippen LogP) is 6.35. The zero-order valence-corrected chi connectivity index (χ0v) is 63.7. The fourth-order valence-corrected chi connectivity index (χ4v) is 17.9. The minimum absolute atomic E-state index is 0.0181.